The van der Waals surface area contributed by atoms with Crippen molar-refractivity contribution in [2.24, 2.45) is 10.9 Å². The van der Waals surface area contributed by atoms with Crippen LogP contribution < -0.4 is 5.32 Å². The summed E-state index contributed by atoms with van der Waals surface area (Å²) in [5.41, 5.74) is 1.52. The fourth-order valence-corrected chi connectivity index (χ4v) is 4.27. The van der Waals surface area contributed by atoms with Gasteiger partial charge in [0.2, 0.25) is 0 Å². The number of carbonyl (C=O) groups is 1. The number of nitrogens with zero attached hydrogens (tertiary/aromatic N) is 2. The zero-order valence-electron chi connectivity index (χ0n) is 16.3. The van der Waals surface area contributed by atoms with Crippen molar-refractivity contribution in [3.63, 3.8) is 0 Å². The van der Waals surface area contributed by atoms with E-state index in [0.29, 0.717) is 6.61 Å². The molecule has 1 N–H and O–H groups in total. The van der Waals surface area contributed by atoms with Crippen LogP contribution in [0.4, 0.5) is 0 Å². The Kier molecular flexibility index (Phi) is 6.64. The highest BCUT2D eigenvalue weighted by atomic mass is 35.5. The van der Waals surface area contributed by atoms with E-state index >= 15 is 0 Å². The van der Waals surface area contributed by atoms with Gasteiger partial charge in [-0.15, -0.1) is 0 Å². The minimum atomic E-state index is -0.0590. The largest absolute Gasteiger partial charge is 0.466 e. The fourth-order valence-electron chi connectivity index (χ4n) is 4.14. The highest BCUT2D eigenvalue weighted by molar-refractivity contribution is 6.30. The Morgan fingerprint density at radius 2 is 1.96 bits per heavy atom. The molecule has 3 rings (SSSR count). The number of esters is 1. The third-order valence-electron chi connectivity index (χ3n) is 5.98. The van der Waals surface area contributed by atoms with E-state index < -0.39 is 0 Å². The third-order valence-corrected chi connectivity index (χ3v) is 6.23. The Balaban J connectivity index is 1.56. The molecular formula is C21H30ClN3O2. The van der Waals surface area contributed by atoms with Crippen LogP contribution in [0.3, 0.4) is 0 Å². The first kappa shape index (κ1) is 20.0. The number of nitrogens with one attached hydrogen (secondary N) is 1. The quantitative estimate of drug-likeness (QED) is 0.473. The molecule has 148 valence electrons. The van der Waals surface area contributed by atoms with Gasteiger partial charge in [0, 0.05) is 37.1 Å². The van der Waals surface area contributed by atoms with Crippen molar-refractivity contribution < 1.29 is 9.53 Å². The number of carbonyl (C=O) groups excluding carboxylic acids is 1. The van der Waals surface area contributed by atoms with Gasteiger partial charge in [0.25, 0.3) is 0 Å². The molecule has 1 aromatic rings. The van der Waals surface area contributed by atoms with Crippen molar-refractivity contribution in [2.75, 3.05) is 33.3 Å². The van der Waals surface area contributed by atoms with E-state index in [2.05, 4.69) is 27.3 Å². The predicted octanol–water partition coefficient (Wildman–Crippen LogP) is 3.61. The molecular weight excluding hydrogens is 362 g/mol. The Labute approximate surface area is 167 Å². The van der Waals surface area contributed by atoms with Crippen LogP contribution in [0.1, 0.15) is 44.6 Å². The van der Waals surface area contributed by atoms with Crippen LogP contribution >= 0.6 is 11.6 Å². The Morgan fingerprint density at radius 1 is 1.30 bits per heavy atom. The van der Waals surface area contributed by atoms with Gasteiger partial charge < -0.3 is 15.0 Å². The van der Waals surface area contributed by atoms with Crippen LogP contribution in [-0.2, 0) is 14.9 Å². The first-order valence-corrected chi connectivity index (χ1v) is 10.3. The molecule has 1 saturated heterocycles. The zero-order valence-corrected chi connectivity index (χ0v) is 17.1. The maximum atomic E-state index is 11.9. The molecule has 1 aromatic carbocycles. The summed E-state index contributed by atoms with van der Waals surface area (Å²) in [6, 6.07) is 8.26. The normalized spacial score (nSPS) is 20.1. The summed E-state index contributed by atoms with van der Waals surface area (Å²) in [6.07, 6.45) is 5.27. The van der Waals surface area contributed by atoms with E-state index in [1.165, 1.54) is 24.8 Å². The maximum Gasteiger partial charge on any atom is 0.309 e. The summed E-state index contributed by atoms with van der Waals surface area (Å²) in [5, 5.41) is 4.37. The predicted molar refractivity (Wildman–Crippen MR) is 109 cm³/mol. The first-order chi connectivity index (χ1) is 13.1. The average Bonchev–Trinajstić information content (AvgIpc) is 2.65. The molecule has 1 heterocycles. The lowest BCUT2D eigenvalue weighted by Gasteiger charge is -2.44. The summed E-state index contributed by atoms with van der Waals surface area (Å²) < 4.78 is 5.16. The van der Waals surface area contributed by atoms with Gasteiger partial charge in [-0.3, -0.25) is 9.79 Å². The van der Waals surface area contributed by atoms with Gasteiger partial charge >= 0.3 is 5.97 Å². The summed E-state index contributed by atoms with van der Waals surface area (Å²) >= 11 is 6.05. The second-order valence-corrected chi connectivity index (χ2v) is 7.99. The van der Waals surface area contributed by atoms with Crippen molar-refractivity contribution in [3.05, 3.63) is 34.9 Å². The fraction of sp³-hybridized carbons (Fsp3) is 0.619. The lowest BCUT2D eigenvalue weighted by atomic mass is 9.64. The number of hydrogen-bond donors (Lipinski definition) is 1. The van der Waals surface area contributed by atoms with Crippen LogP contribution in [0, 0.1) is 5.92 Å². The second-order valence-electron chi connectivity index (χ2n) is 7.55. The number of aliphatic imine (C=N–C) groups is 1. The second kappa shape index (κ2) is 8.96. The van der Waals surface area contributed by atoms with E-state index in [1.54, 1.807) is 0 Å². The van der Waals surface area contributed by atoms with Gasteiger partial charge in [0.05, 0.1) is 12.5 Å². The number of hydrogen-bond acceptors (Lipinski definition) is 3. The number of rotatable bonds is 5. The van der Waals surface area contributed by atoms with Crippen molar-refractivity contribution >= 4 is 23.5 Å². The first-order valence-electron chi connectivity index (χ1n) is 9.96. The van der Waals surface area contributed by atoms with Crippen molar-refractivity contribution in [1.82, 2.24) is 10.2 Å². The smallest absolute Gasteiger partial charge is 0.309 e. The number of guanidine groups is 1. The zero-order chi connectivity index (χ0) is 19.3. The molecule has 0 radical (unpaired) electrons. The summed E-state index contributed by atoms with van der Waals surface area (Å²) in [7, 11) is 1.83. The molecule has 2 aliphatic rings. The topological polar surface area (TPSA) is 53.9 Å². The van der Waals surface area contributed by atoms with Gasteiger partial charge in [-0.05, 0) is 50.3 Å². The molecule has 2 fully saturated rings. The number of halogens is 1. The van der Waals surface area contributed by atoms with E-state index in [4.69, 9.17) is 16.3 Å². The molecule has 27 heavy (non-hydrogen) atoms. The van der Waals surface area contributed by atoms with Gasteiger partial charge in [0.15, 0.2) is 5.96 Å². The van der Waals surface area contributed by atoms with Crippen molar-refractivity contribution in [3.8, 4) is 0 Å². The van der Waals surface area contributed by atoms with Crippen LogP contribution in [0.5, 0.6) is 0 Å². The SMILES string of the molecule is CCOC(=O)C1CCN(C(=NC)NCC2(c3ccc(Cl)cc3)CCC2)CC1. The lowest BCUT2D eigenvalue weighted by Crippen LogP contribution is -2.52. The van der Waals surface area contributed by atoms with Crippen LogP contribution in [0.2, 0.25) is 5.02 Å². The molecule has 0 spiro atoms. The number of piperidine rings is 1. The van der Waals surface area contributed by atoms with Gasteiger partial charge in [-0.2, -0.15) is 0 Å². The summed E-state index contributed by atoms with van der Waals surface area (Å²) in [6.45, 7) is 4.85. The Hall–Kier alpha value is -1.75. The lowest BCUT2D eigenvalue weighted by molar-refractivity contribution is -0.149. The van der Waals surface area contributed by atoms with Crippen LogP contribution in [-0.4, -0.2) is 50.1 Å². The summed E-state index contributed by atoms with van der Waals surface area (Å²) in [4.78, 5) is 18.7. The standard InChI is InChI=1S/C21H30ClN3O2/c1-3-27-19(26)16-9-13-25(14-10-16)20(23-2)24-15-21(11-4-12-21)17-5-7-18(22)8-6-17/h5-8,16H,3-4,9-15H2,1-2H3,(H,23,24). The number of ether oxygens (including phenoxy) is 1. The molecule has 1 aliphatic carbocycles. The Morgan fingerprint density at radius 3 is 2.48 bits per heavy atom. The monoisotopic (exact) mass is 391 g/mol. The van der Waals surface area contributed by atoms with Gasteiger partial charge in [-0.1, -0.05) is 30.2 Å². The number of benzene rings is 1. The highest BCUT2D eigenvalue weighted by Gasteiger charge is 2.39. The molecule has 1 saturated carbocycles. The van der Waals surface area contributed by atoms with Gasteiger partial charge in [-0.25, -0.2) is 0 Å². The Bertz CT molecular complexity index is 663. The van der Waals surface area contributed by atoms with E-state index in [9.17, 15) is 4.79 Å². The average molecular weight is 392 g/mol. The molecule has 1 aliphatic heterocycles. The van der Waals surface area contributed by atoms with Crippen LogP contribution in [0.25, 0.3) is 0 Å². The molecule has 0 amide bonds. The van der Waals surface area contributed by atoms with Crippen molar-refractivity contribution in [1.29, 1.82) is 0 Å². The number of likely N-dealkylation sites (tertiary alicyclic amines) is 1. The van der Waals surface area contributed by atoms with Crippen molar-refractivity contribution in [2.45, 2.75) is 44.4 Å². The minimum Gasteiger partial charge on any atom is -0.466 e. The summed E-state index contributed by atoms with van der Waals surface area (Å²) in [5.74, 6) is 0.889. The molecule has 0 atom stereocenters. The molecule has 0 aromatic heterocycles. The minimum absolute atomic E-state index is 0.0198. The molecule has 0 bridgehead atoms. The van der Waals surface area contributed by atoms with E-state index in [-0.39, 0.29) is 17.3 Å². The molecule has 6 heteroatoms. The third kappa shape index (κ3) is 4.57. The highest BCUT2D eigenvalue weighted by Crippen LogP contribution is 2.43. The van der Waals surface area contributed by atoms with Crippen LogP contribution in [0.15, 0.2) is 29.3 Å². The van der Waals surface area contributed by atoms with E-state index in [1.807, 2.05) is 26.1 Å². The van der Waals surface area contributed by atoms with Gasteiger partial charge in [0.1, 0.15) is 0 Å². The van der Waals surface area contributed by atoms with E-state index in [0.717, 1.165) is 43.5 Å². The maximum absolute atomic E-state index is 11.9. The molecule has 0 unspecified atom stereocenters. The molecule has 5 nitrogen and oxygen atoms in total.